The first-order chi connectivity index (χ1) is 11.6. The van der Waals surface area contributed by atoms with Crippen LogP contribution in [0, 0.1) is 0 Å². The van der Waals surface area contributed by atoms with Crippen LogP contribution in [0.5, 0.6) is 11.5 Å². The van der Waals surface area contributed by atoms with Gasteiger partial charge in [0.25, 0.3) is 0 Å². The van der Waals surface area contributed by atoms with Gasteiger partial charge < -0.3 is 19.7 Å². The van der Waals surface area contributed by atoms with E-state index in [0.29, 0.717) is 19.4 Å². The summed E-state index contributed by atoms with van der Waals surface area (Å²) in [4.78, 5) is 14.4. The van der Waals surface area contributed by atoms with Crippen molar-refractivity contribution in [1.29, 1.82) is 0 Å². The van der Waals surface area contributed by atoms with Crippen LogP contribution in [0.3, 0.4) is 0 Å². The van der Waals surface area contributed by atoms with Gasteiger partial charge in [-0.25, -0.2) is 0 Å². The molecule has 1 amide bonds. The molecule has 1 heterocycles. The summed E-state index contributed by atoms with van der Waals surface area (Å²) in [6.45, 7) is 3.72. The van der Waals surface area contributed by atoms with Gasteiger partial charge in [0.15, 0.2) is 0 Å². The van der Waals surface area contributed by atoms with Crippen LogP contribution in [0.15, 0.2) is 16.6 Å². The van der Waals surface area contributed by atoms with Gasteiger partial charge >= 0.3 is 0 Å². The number of nitrogens with zero attached hydrogens (tertiary/aromatic N) is 1. The van der Waals surface area contributed by atoms with Crippen LogP contribution in [0.25, 0.3) is 0 Å². The van der Waals surface area contributed by atoms with E-state index >= 15 is 0 Å². The quantitative estimate of drug-likeness (QED) is 0.730. The minimum atomic E-state index is 0.114. The third-order valence-electron chi connectivity index (χ3n) is 4.38. The van der Waals surface area contributed by atoms with Crippen molar-refractivity contribution in [3.63, 3.8) is 0 Å². The van der Waals surface area contributed by atoms with E-state index in [2.05, 4.69) is 26.1 Å². The number of piperidine rings is 1. The molecule has 1 fully saturated rings. The fraction of sp³-hybridized carbons (Fsp3) is 0.611. The molecule has 1 aliphatic heterocycles. The lowest BCUT2D eigenvalue weighted by atomic mass is 10.1. The molecule has 1 N–H and O–H groups in total. The first kappa shape index (κ1) is 19.1. The zero-order chi connectivity index (χ0) is 17.4. The Morgan fingerprint density at radius 3 is 2.54 bits per heavy atom. The first-order valence-electron chi connectivity index (χ1n) is 8.53. The molecule has 0 aliphatic carbocycles. The van der Waals surface area contributed by atoms with Crippen molar-refractivity contribution in [1.82, 2.24) is 10.2 Å². The fourth-order valence-electron chi connectivity index (χ4n) is 2.99. The van der Waals surface area contributed by atoms with Crippen LogP contribution in [-0.2, 0) is 11.2 Å². The monoisotopic (exact) mass is 398 g/mol. The molecule has 1 saturated heterocycles. The number of hydrogen-bond acceptors (Lipinski definition) is 4. The molecule has 6 heteroatoms. The zero-order valence-corrected chi connectivity index (χ0v) is 16.2. The predicted octanol–water partition coefficient (Wildman–Crippen LogP) is 3.00. The van der Waals surface area contributed by atoms with Crippen molar-refractivity contribution >= 4 is 21.8 Å². The molecule has 0 spiro atoms. The second kappa shape index (κ2) is 9.89. The Labute approximate surface area is 152 Å². The molecule has 0 aromatic heterocycles. The highest BCUT2D eigenvalue weighted by Gasteiger charge is 2.12. The number of nitrogens with one attached hydrogen (secondary N) is 1. The second-order valence-corrected chi connectivity index (χ2v) is 6.91. The molecule has 1 aromatic carbocycles. The van der Waals surface area contributed by atoms with E-state index in [0.717, 1.165) is 41.2 Å². The minimum absolute atomic E-state index is 0.114. The standard InChI is InChI=1S/C18H27BrN2O3/c1-23-16-13-15(19)17(24-2)12-14(16)6-8-20-18(22)7-11-21-9-4-3-5-10-21/h12-13H,3-11H2,1-2H3,(H,20,22). The summed E-state index contributed by atoms with van der Waals surface area (Å²) in [5.41, 5.74) is 1.02. The van der Waals surface area contributed by atoms with Crippen LogP contribution in [-0.4, -0.2) is 51.2 Å². The van der Waals surface area contributed by atoms with E-state index in [-0.39, 0.29) is 5.91 Å². The molecule has 1 aliphatic rings. The van der Waals surface area contributed by atoms with E-state index < -0.39 is 0 Å². The third kappa shape index (κ3) is 5.67. The van der Waals surface area contributed by atoms with Gasteiger partial charge in [-0.1, -0.05) is 6.42 Å². The van der Waals surface area contributed by atoms with E-state index in [4.69, 9.17) is 9.47 Å². The zero-order valence-electron chi connectivity index (χ0n) is 14.6. The molecule has 24 heavy (non-hydrogen) atoms. The van der Waals surface area contributed by atoms with Gasteiger partial charge in [0.2, 0.25) is 5.91 Å². The van der Waals surface area contributed by atoms with Gasteiger partial charge in [-0.3, -0.25) is 4.79 Å². The minimum Gasteiger partial charge on any atom is -0.496 e. The lowest BCUT2D eigenvalue weighted by Crippen LogP contribution is -2.34. The molecule has 0 atom stereocenters. The summed E-state index contributed by atoms with van der Waals surface area (Å²) in [6.07, 6.45) is 5.11. The van der Waals surface area contributed by atoms with Gasteiger partial charge in [-0.15, -0.1) is 0 Å². The Morgan fingerprint density at radius 2 is 1.88 bits per heavy atom. The summed E-state index contributed by atoms with van der Waals surface area (Å²) in [6, 6.07) is 3.84. The summed E-state index contributed by atoms with van der Waals surface area (Å²) in [7, 11) is 3.29. The van der Waals surface area contributed by atoms with Crippen LogP contribution in [0.1, 0.15) is 31.2 Å². The van der Waals surface area contributed by atoms with Crippen molar-refractivity contribution in [2.24, 2.45) is 0 Å². The number of likely N-dealkylation sites (tertiary alicyclic amines) is 1. The SMILES string of the molecule is COc1cc(CCNC(=O)CCN2CCCCC2)c(OC)cc1Br. The first-order valence-corrected chi connectivity index (χ1v) is 9.32. The van der Waals surface area contributed by atoms with Crippen molar-refractivity contribution < 1.29 is 14.3 Å². The summed E-state index contributed by atoms with van der Waals surface area (Å²) in [5.74, 6) is 1.68. The number of rotatable bonds is 8. The van der Waals surface area contributed by atoms with Crippen molar-refractivity contribution in [3.05, 3.63) is 22.2 Å². The normalized spacial score (nSPS) is 15.1. The maximum Gasteiger partial charge on any atom is 0.221 e. The van der Waals surface area contributed by atoms with Gasteiger partial charge in [0.05, 0.1) is 18.7 Å². The smallest absolute Gasteiger partial charge is 0.221 e. The molecule has 0 radical (unpaired) electrons. The number of methoxy groups -OCH3 is 2. The average Bonchev–Trinajstić information content (AvgIpc) is 2.61. The largest absolute Gasteiger partial charge is 0.496 e. The molecular weight excluding hydrogens is 372 g/mol. The molecule has 1 aromatic rings. The van der Waals surface area contributed by atoms with Gasteiger partial charge in [-0.2, -0.15) is 0 Å². The lowest BCUT2D eigenvalue weighted by Gasteiger charge is -2.25. The van der Waals surface area contributed by atoms with Crippen molar-refractivity contribution in [3.8, 4) is 11.5 Å². The van der Waals surface area contributed by atoms with Gasteiger partial charge in [0, 0.05) is 19.5 Å². The number of carbonyl (C=O) groups excluding carboxylic acids is 1. The van der Waals surface area contributed by atoms with Crippen LogP contribution >= 0.6 is 15.9 Å². The van der Waals surface area contributed by atoms with Gasteiger partial charge in [0.1, 0.15) is 11.5 Å². The Hall–Kier alpha value is -1.27. The molecule has 2 rings (SSSR count). The average molecular weight is 399 g/mol. The van der Waals surface area contributed by atoms with Crippen LogP contribution in [0.4, 0.5) is 0 Å². The van der Waals surface area contributed by atoms with Crippen LogP contribution in [0.2, 0.25) is 0 Å². The topological polar surface area (TPSA) is 50.8 Å². The van der Waals surface area contributed by atoms with E-state index in [1.165, 1.54) is 19.3 Å². The Bertz CT molecular complexity index is 545. The molecule has 5 nitrogen and oxygen atoms in total. The third-order valence-corrected chi connectivity index (χ3v) is 4.99. The van der Waals surface area contributed by atoms with Gasteiger partial charge in [-0.05, 0) is 66.0 Å². The Balaban J connectivity index is 1.77. The maximum atomic E-state index is 12.0. The lowest BCUT2D eigenvalue weighted by molar-refractivity contribution is -0.121. The van der Waals surface area contributed by atoms with E-state index in [1.807, 2.05) is 12.1 Å². The van der Waals surface area contributed by atoms with E-state index in [9.17, 15) is 4.79 Å². The van der Waals surface area contributed by atoms with Crippen LogP contribution < -0.4 is 14.8 Å². The number of benzene rings is 1. The number of amides is 1. The van der Waals surface area contributed by atoms with Crippen molar-refractivity contribution in [2.45, 2.75) is 32.1 Å². The molecule has 0 unspecified atom stereocenters. The predicted molar refractivity (Wildman–Crippen MR) is 98.9 cm³/mol. The second-order valence-electron chi connectivity index (χ2n) is 6.05. The maximum absolute atomic E-state index is 12.0. The summed E-state index contributed by atoms with van der Waals surface area (Å²) in [5, 5.41) is 3.00. The Morgan fingerprint density at radius 1 is 1.17 bits per heavy atom. The number of hydrogen-bond donors (Lipinski definition) is 1. The molecule has 134 valence electrons. The molecule has 0 saturated carbocycles. The number of carbonyl (C=O) groups is 1. The highest BCUT2D eigenvalue weighted by Crippen LogP contribution is 2.32. The summed E-state index contributed by atoms with van der Waals surface area (Å²) >= 11 is 3.45. The van der Waals surface area contributed by atoms with Crippen molar-refractivity contribution in [2.75, 3.05) is 40.4 Å². The molecular formula is C18H27BrN2O3. The highest BCUT2D eigenvalue weighted by molar-refractivity contribution is 9.10. The number of halogens is 1. The Kier molecular flexibility index (Phi) is 7.85. The summed E-state index contributed by atoms with van der Waals surface area (Å²) < 4.78 is 11.6. The number of ether oxygens (including phenoxy) is 2. The molecule has 0 bridgehead atoms. The highest BCUT2D eigenvalue weighted by atomic mass is 79.9. The van der Waals surface area contributed by atoms with E-state index in [1.54, 1.807) is 14.2 Å². The fourth-order valence-corrected chi connectivity index (χ4v) is 3.47.